The van der Waals surface area contributed by atoms with Crippen molar-refractivity contribution in [2.45, 2.75) is 19.7 Å². The Balaban J connectivity index is 2.48. The summed E-state index contributed by atoms with van der Waals surface area (Å²) in [4.78, 5) is 0. The second-order valence-electron chi connectivity index (χ2n) is 3.75. The Labute approximate surface area is 117 Å². The van der Waals surface area contributed by atoms with Gasteiger partial charge in [0.25, 0.3) is 0 Å². The SMILES string of the molecule is CCOc1ccc(OCC)c(-n2cnnc2CCl)c1. The number of rotatable bonds is 6. The highest BCUT2D eigenvalue weighted by Gasteiger charge is 2.12. The number of nitrogens with zero attached hydrogens (tertiary/aromatic N) is 3. The Morgan fingerprint density at radius 1 is 1.21 bits per heavy atom. The quantitative estimate of drug-likeness (QED) is 0.764. The van der Waals surface area contributed by atoms with Crippen molar-refractivity contribution in [3.63, 3.8) is 0 Å². The van der Waals surface area contributed by atoms with Crippen molar-refractivity contribution in [3.8, 4) is 17.2 Å². The molecular formula is C13H16ClN3O2. The van der Waals surface area contributed by atoms with Gasteiger partial charge in [0.1, 0.15) is 17.8 Å². The Morgan fingerprint density at radius 3 is 2.68 bits per heavy atom. The minimum absolute atomic E-state index is 0.282. The first-order valence-electron chi connectivity index (χ1n) is 6.15. The lowest BCUT2D eigenvalue weighted by Crippen LogP contribution is -2.04. The van der Waals surface area contributed by atoms with Crippen LogP contribution in [0.2, 0.25) is 0 Å². The van der Waals surface area contributed by atoms with Crippen LogP contribution in [0, 0.1) is 0 Å². The van der Waals surface area contributed by atoms with Crippen LogP contribution in [-0.4, -0.2) is 28.0 Å². The van der Waals surface area contributed by atoms with E-state index in [0.29, 0.717) is 19.0 Å². The van der Waals surface area contributed by atoms with Gasteiger partial charge in [0.15, 0.2) is 5.82 Å². The maximum atomic E-state index is 5.86. The molecule has 5 nitrogen and oxygen atoms in total. The first-order valence-corrected chi connectivity index (χ1v) is 6.68. The predicted octanol–water partition coefficient (Wildman–Crippen LogP) is 2.80. The molecule has 0 aliphatic rings. The molecule has 0 aliphatic carbocycles. The first-order chi connectivity index (χ1) is 9.30. The first kappa shape index (κ1) is 13.7. The highest BCUT2D eigenvalue weighted by Crippen LogP contribution is 2.28. The third-order valence-electron chi connectivity index (χ3n) is 2.54. The molecular weight excluding hydrogens is 266 g/mol. The van der Waals surface area contributed by atoms with Crippen molar-refractivity contribution in [3.05, 3.63) is 30.4 Å². The van der Waals surface area contributed by atoms with E-state index < -0.39 is 0 Å². The molecule has 0 atom stereocenters. The van der Waals surface area contributed by atoms with Crippen molar-refractivity contribution in [2.75, 3.05) is 13.2 Å². The lowest BCUT2D eigenvalue weighted by atomic mass is 10.2. The van der Waals surface area contributed by atoms with Gasteiger partial charge in [-0.2, -0.15) is 0 Å². The maximum absolute atomic E-state index is 5.86. The Kier molecular flexibility index (Phi) is 4.63. The van der Waals surface area contributed by atoms with Crippen LogP contribution in [-0.2, 0) is 5.88 Å². The van der Waals surface area contributed by atoms with Crippen molar-refractivity contribution in [1.82, 2.24) is 14.8 Å². The average Bonchev–Trinajstić information content (AvgIpc) is 2.89. The van der Waals surface area contributed by atoms with Crippen LogP contribution in [0.1, 0.15) is 19.7 Å². The van der Waals surface area contributed by atoms with Crippen molar-refractivity contribution in [1.29, 1.82) is 0 Å². The number of hydrogen-bond acceptors (Lipinski definition) is 4. The van der Waals surface area contributed by atoms with Crippen LogP contribution < -0.4 is 9.47 Å². The number of hydrogen-bond donors (Lipinski definition) is 0. The zero-order chi connectivity index (χ0) is 13.7. The molecule has 2 aromatic rings. The van der Waals surface area contributed by atoms with Crippen LogP contribution in [0.15, 0.2) is 24.5 Å². The van der Waals surface area contributed by atoms with E-state index >= 15 is 0 Å². The van der Waals surface area contributed by atoms with Crippen molar-refractivity contribution in [2.24, 2.45) is 0 Å². The zero-order valence-corrected chi connectivity index (χ0v) is 11.7. The smallest absolute Gasteiger partial charge is 0.152 e. The van der Waals surface area contributed by atoms with Gasteiger partial charge in [0.05, 0.1) is 24.8 Å². The van der Waals surface area contributed by atoms with Gasteiger partial charge >= 0.3 is 0 Å². The lowest BCUT2D eigenvalue weighted by Gasteiger charge is -2.13. The van der Waals surface area contributed by atoms with Crippen LogP contribution in [0.3, 0.4) is 0 Å². The summed E-state index contributed by atoms with van der Waals surface area (Å²) < 4.78 is 12.9. The molecule has 1 aromatic heterocycles. The van der Waals surface area contributed by atoms with E-state index in [9.17, 15) is 0 Å². The van der Waals surface area contributed by atoms with E-state index in [1.165, 1.54) is 0 Å². The average molecular weight is 282 g/mol. The summed E-state index contributed by atoms with van der Waals surface area (Å²) in [5.74, 6) is 2.47. The molecule has 1 heterocycles. The molecule has 0 saturated carbocycles. The molecule has 0 N–H and O–H groups in total. The predicted molar refractivity (Wildman–Crippen MR) is 73.3 cm³/mol. The molecule has 19 heavy (non-hydrogen) atoms. The van der Waals surface area contributed by atoms with E-state index in [0.717, 1.165) is 17.2 Å². The molecule has 0 bridgehead atoms. The van der Waals surface area contributed by atoms with Gasteiger partial charge in [-0.25, -0.2) is 0 Å². The van der Waals surface area contributed by atoms with Gasteiger partial charge < -0.3 is 9.47 Å². The maximum Gasteiger partial charge on any atom is 0.152 e. The van der Waals surface area contributed by atoms with Crippen LogP contribution >= 0.6 is 11.6 Å². The van der Waals surface area contributed by atoms with Gasteiger partial charge in [-0.3, -0.25) is 4.57 Å². The standard InChI is InChI=1S/C13H16ClN3O2/c1-3-18-10-5-6-12(19-4-2)11(7-10)17-9-15-16-13(17)8-14/h5-7,9H,3-4,8H2,1-2H3. The number of halogens is 1. The summed E-state index contributed by atoms with van der Waals surface area (Å²) in [7, 11) is 0. The molecule has 0 saturated heterocycles. The Morgan fingerprint density at radius 2 is 2.00 bits per heavy atom. The van der Waals surface area contributed by atoms with Gasteiger partial charge in [-0.05, 0) is 26.0 Å². The minimum atomic E-state index is 0.282. The molecule has 2 rings (SSSR count). The van der Waals surface area contributed by atoms with E-state index in [-0.39, 0.29) is 5.88 Å². The number of aromatic nitrogens is 3. The molecule has 0 aliphatic heterocycles. The second-order valence-corrected chi connectivity index (χ2v) is 4.01. The summed E-state index contributed by atoms with van der Waals surface area (Å²) in [5, 5.41) is 7.85. The molecule has 0 amide bonds. The molecule has 6 heteroatoms. The topological polar surface area (TPSA) is 49.2 Å². The lowest BCUT2D eigenvalue weighted by molar-refractivity contribution is 0.329. The Hall–Kier alpha value is -1.75. The summed E-state index contributed by atoms with van der Waals surface area (Å²) in [6.45, 7) is 5.07. The third kappa shape index (κ3) is 2.98. The second kappa shape index (κ2) is 6.43. The minimum Gasteiger partial charge on any atom is -0.494 e. The summed E-state index contributed by atoms with van der Waals surface area (Å²) in [6, 6.07) is 5.65. The van der Waals surface area contributed by atoms with Crippen LogP contribution in [0.5, 0.6) is 11.5 Å². The molecule has 0 unspecified atom stereocenters. The molecule has 0 radical (unpaired) electrons. The molecule has 102 valence electrons. The van der Waals surface area contributed by atoms with Gasteiger partial charge in [-0.15, -0.1) is 21.8 Å². The van der Waals surface area contributed by atoms with Gasteiger partial charge in [0.2, 0.25) is 0 Å². The highest BCUT2D eigenvalue weighted by atomic mass is 35.5. The number of benzene rings is 1. The van der Waals surface area contributed by atoms with Gasteiger partial charge in [0, 0.05) is 6.07 Å². The van der Waals surface area contributed by atoms with E-state index in [2.05, 4.69) is 10.2 Å². The van der Waals surface area contributed by atoms with Crippen LogP contribution in [0.25, 0.3) is 5.69 Å². The molecule has 1 aromatic carbocycles. The Bertz CT molecular complexity index is 542. The largest absolute Gasteiger partial charge is 0.494 e. The fraction of sp³-hybridized carbons (Fsp3) is 0.385. The summed E-state index contributed by atoms with van der Waals surface area (Å²) in [6.07, 6.45) is 1.62. The monoisotopic (exact) mass is 281 g/mol. The van der Waals surface area contributed by atoms with E-state index in [1.807, 2.05) is 32.0 Å². The number of ether oxygens (including phenoxy) is 2. The molecule has 0 spiro atoms. The summed E-state index contributed by atoms with van der Waals surface area (Å²) >= 11 is 5.86. The fourth-order valence-electron chi connectivity index (χ4n) is 1.77. The van der Waals surface area contributed by atoms with Crippen molar-refractivity contribution < 1.29 is 9.47 Å². The fourth-order valence-corrected chi connectivity index (χ4v) is 1.95. The van der Waals surface area contributed by atoms with Crippen LogP contribution in [0.4, 0.5) is 0 Å². The van der Waals surface area contributed by atoms with Crippen molar-refractivity contribution >= 4 is 11.6 Å². The van der Waals surface area contributed by atoms with E-state index in [1.54, 1.807) is 10.9 Å². The summed E-state index contributed by atoms with van der Waals surface area (Å²) in [5.41, 5.74) is 0.827. The molecule has 0 fully saturated rings. The zero-order valence-electron chi connectivity index (χ0n) is 11.0. The number of alkyl halides is 1. The normalized spacial score (nSPS) is 10.5. The highest BCUT2D eigenvalue weighted by molar-refractivity contribution is 6.16. The van der Waals surface area contributed by atoms with E-state index in [4.69, 9.17) is 21.1 Å². The third-order valence-corrected chi connectivity index (χ3v) is 2.78. The van der Waals surface area contributed by atoms with Gasteiger partial charge in [-0.1, -0.05) is 0 Å².